The fourth-order valence-electron chi connectivity index (χ4n) is 1.63. The number of rotatable bonds is 2. The molecule has 2 aromatic carbocycles. The highest BCUT2D eigenvalue weighted by atomic mass is 16.3. The molecule has 0 spiro atoms. The first kappa shape index (κ1) is 11.2. The molecule has 86 valence electrons. The predicted molar refractivity (Wildman–Crippen MR) is 69.1 cm³/mol. The molecule has 0 bridgehead atoms. The Balaban J connectivity index is 2.52. The molecule has 0 aliphatic carbocycles. The first-order valence-corrected chi connectivity index (χ1v) is 5.27. The second-order valence-corrected chi connectivity index (χ2v) is 3.91. The summed E-state index contributed by atoms with van der Waals surface area (Å²) in [6, 6.07) is 10.6. The van der Waals surface area contributed by atoms with Crippen molar-refractivity contribution in [2.24, 2.45) is 0 Å². The van der Waals surface area contributed by atoms with Crippen LogP contribution in [0, 0.1) is 0 Å². The number of aromatic hydroxyl groups is 1. The number of carbonyl (C=O) groups excluding carboxylic acids is 1. The molecule has 3 heteroatoms. The average molecular weight is 227 g/mol. The van der Waals surface area contributed by atoms with Gasteiger partial charge in [-0.15, -0.1) is 0 Å². The third-order valence-electron chi connectivity index (χ3n) is 2.53. The number of amides is 1. The molecule has 2 rings (SSSR count). The number of anilines is 1. The number of hydrogen-bond acceptors (Lipinski definition) is 2. The number of fused-ring (bicyclic) bond motifs is 1. The van der Waals surface area contributed by atoms with Gasteiger partial charge in [-0.1, -0.05) is 30.8 Å². The highest BCUT2D eigenvalue weighted by molar-refractivity contribution is 6.09. The quantitative estimate of drug-likeness (QED) is 0.774. The van der Waals surface area contributed by atoms with E-state index in [9.17, 15) is 9.90 Å². The smallest absolute Gasteiger partial charge is 0.250 e. The molecule has 0 aromatic heterocycles. The number of phenols is 1. The van der Waals surface area contributed by atoms with Crippen molar-refractivity contribution in [1.82, 2.24) is 0 Å². The number of nitrogens with one attached hydrogen (secondary N) is 1. The summed E-state index contributed by atoms with van der Waals surface area (Å²) in [5.41, 5.74) is 1.12. The molecule has 2 aromatic rings. The first-order valence-electron chi connectivity index (χ1n) is 5.27. The Morgan fingerprint density at radius 1 is 1.18 bits per heavy atom. The average Bonchev–Trinajstić information content (AvgIpc) is 2.30. The normalized spacial score (nSPS) is 10.2. The lowest BCUT2D eigenvalue weighted by molar-refractivity contribution is -0.112. The molecular weight excluding hydrogens is 214 g/mol. The third kappa shape index (κ3) is 2.13. The standard InChI is InChI=1S/C14H13NO2/c1-9(2)14(17)15-12-7-3-6-11-10(12)5-4-8-13(11)16/h3-8,16H,1H2,2H3,(H,15,17). The van der Waals surface area contributed by atoms with Gasteiger partial charge in [-0.3, -0.25) is 4.79 Å². The lowest BCUT2D eigenvalue weighted by Gasteiger charge is -2.09. The summed E-state index contributed by atoms with van der Waals surface area (Å²) in [4.78, 5) is 11.6. The maximum atomic E-state index is 11.6. The minimum absolute atomic E-state index is 0.203. The summed E-state index contributed by atoms with van der Waals surface area (Å²) in [5.74, 6) is -0.0187. The molecule has 0 saturated heterocycles. The molecule has 1 amide bonds. The minimum Gasteiger partial charge on any atom is -0.507 e. The van der Waals surface area contributed by atoms with Crippen molar-refractivity contribution in [3.63, 3.8) is 0 Å². The van der Waals surface area contributed by atoms with Crippen molar-refractivity contribution in [3.8, 4) is 5.75 Å². The summed E-state index contributed by atoms with van der Waals surface area (Å²) < 4.78 is 0. The fourth-order valence-corrected chi connectivity index (χ4v) is 1.63. The summed E-state index contributed by atoms with van der Waals surface area (Å²) in [6.07, 6.45) is 0. The van der Waals surface area contributed by atoms with E-state index in [0.717, 1.165) is 5.39 Å². The van der Waals surface area contributed by atoms with Gasteiger partial charge < -0.3 is 10.4 Å². The number of hydrogen-bond donors (Lipinski definition) is 2. The van der Waals surface area contributed by atoms with Gasteiger partial charge in [-0.25, -0.2) is 0 Å². The molecule has 0 fully saturated rings. The Morgan fingerprint density at radius 3 is 2.53 bits per heavy atom. The SMILES string of the molecule is C=C(C)C(=O)Nc1cccc2c(O)cccc12. The lowest BCUT2D eigenvalue weighted by Crippen LogP contribution is -2.11. The molecule has 0 saturated carbocycles. The largest absolute Gasteiger partial charge is 0.507 e. The molecular formula is C14H13NO2. The summed E-state index contributed by atoms with van der Waals surface area (Å²) in [6.45, 7) is 5.24. The van der Waals surface area contributed by atoms with Gasteiger partial charge in [-0.05, 0) is 19.1 Å². The van der Waals surface area contributed by atoms with E-state index >= 15 is 0 Å². The zero-order chi connectivity index (χ0) is 12.4. The van der Waals surface area contributed by atoms with Crippen molar-refractivity contribution in [2.75, 3.05) is 5.32 Å². The van der Waals surface area contributed by atoms with Gasteiger partial charge in [0.15, 0.2) is 0 Å². The Labute approximate surface area is 99.4 Å². The number of benzene rings is 2. The van der Waals surface area contributed by atoms with Crippen LogP contribution in [-0.4, -0.2) is 11.0 Å². The molecule has 2 N–H and O–H groups in total. The molecule has 0 radical (unpaired) electrons. The van der Waals surface area contributed by atoms with Crippen LogP contribution in [0.4, 0.5) is 5.69 Å². The molecule has 0 aliphatic heterocycles. The number of phenolic OH excluding ortho intramolecular Hbond substituents is 1. The van der Waals surface area contributed by atoms with Crippen molar-refractivity contribution in [3.05, 3.63) is 48.6 Å². The lowest BCUT2D eigenvalue weighted by atomic mass is 10.1. The van der Waals surface area contributed by atoms with Crippen LogP contribution in [0.2, 0.25) is 0 Å². The van der Waals surface area contributed by atoms with Crippen molar-refractivity contribution >= 4 is 22.4 Å². The Hall–Kier alpha value is -2.29. The summed E-state index contributed by atoms with van der Waals surface area (Å²) in [5, 5.41) is 14.0. The second-order valence-electron chi connectivity index (χ2n) is 3.91. The Morgan fingerprint density at radius 2 is 1.82 bits per heavy atom. The van der Waals surface area contributed by atoms with Crippen molar-refractivity contribution < 1.29 is 9.90 Å². The van der Waals surface area contributed by atoms with E-state index in [1.165, 1.54) is 0 Å². The van der Waals surface area contributed by atoms with E-state index in [2.05, 4.69) is 11.9 Å². The summed E-state index contributed by atoms with van der Waals surface area (Å²) in [7, 11) is 0. The third-order valence-corrected chi connectivity index (χ3v) is 2.53. The zero-order valence-electron chi connectivity index (χ0n) is 9.53. The fraction of sp³-hybridized carbons (Fsp3) is 0.0714. The predicted octanol–water partition coefficient (Wildman–Crippen LogP) is 3.06. The molecule has 0 unspecified atom stereocenters. The van der Waals surface area contributed by atoms with Crippen LogP contribution in [0.1, 0.15) is 6.92 Å². The molecule has 0 aliphatic rings. The van der Waals surface area contributed by atoms with E-state index in [1.807, 2.05) is 6.07 Å². The van der Waals surface area contributed by atoms with Crippen LogP contribution >= 0.6 is 0 Å². The monoisotopic (exact) mass is 227 g/mol. The topological polar surface area (TPSA) is 49.3 Å². The Kier molecular flexibility index (Phi) is 2.83. The van der Waals surface area contributed by atoms with Gasteiger partial charge in [0.25, 0.3) is 5.91 Å². The van der Waals surface area contributed by atoms with Crippen LogP contribution in [-0.2, 0) is 4.79 Å². The van der Waals surface area contributed by atoms with E-state index in [-0.39, 0.29) is 11.7 Å². The van der Waals surface area contributed by atoms with E-state index < -0.39 is 0 Å². The van der Waals surface area contributed by atoms with Crippen LogP contribution in [0.25, 0.3) is 10.8 Å². The van der Waals surface area contributed by atoms with E-state index in [4.69, 9.17) is 0 Å². The van der Waals surface area contributed by atoms with Crippen LogP contribution < -0.4 is 5.32 Å². The van der Waals surface area contributed by atoms with E-state index in [1.54, 1.807) is 37.3 Å². The van der Waals surface area contributed by atoms with Gasteiger partial charge in [-0.2, -0.15) is 0 Å². The highest BCUT2D eigenvalue weighted by Crippen LogP contribution is 2.29. The zero-order valence-corrected chi connectivity index (χ0v) is 9.53. The van der Waals surface area contributed by atoms with Gasteiger partial charge in [0, 0.05) is 22.0 Å². The maximum Gasteiger partial charge on any atom is 0.250 e. The van der Waals surface area contributed by atoms with Crippen LogP contribution in [0.15, 0.2) is 48.6 Å². The number of carbonyl (C=O) groups is 1. The van der Waals surface area contributed by atoms with E-state index in [0.29, 0.717) is 16.6 Å². The van der Waals surface area contributed by atoms with Gasteiger partial charge in [0.1, 0.15) is 5.75 Å². The van der Waals surface area contributed by atoms with Crippen molar-refractivity contribution in [1.29, 1.82) is 0 Å². The molecule has 0 heterocycles. The highest BCUT2D eigenvalue weighted by Gasteiger charge is 2.07. The Bertz CT molecular complexity index is 602. The minimum atomic E-state index is -0.221. The molecule has 3 nitrogen and oxygen atoms in total. The molecule has 0 atom stereocenters. The van der Waals surface area contributed by atoms with Gasteiger partial charge >= 0.3 is 0 Å². The van der Waals surface area contributed by atoms with Gasteiger partial charge in [0.2, 0.25) is 0 Å². The summed E-state index contributed by atoms with van der Waals surface area (Å²) >= 11 is 0. The second kappa shape index (κ2) is 4.29. The maximum absolute atomic E-state index is 11.6. The molecule has 17 heavy (non-hydrogen) atoms. The van der Waals surface area contributed by atoms with Crippen LogP contribution in [0.3, 0.4) is 0 Å². The van der Waals surface area contributed by atoms with Crippen molar-refractivity contribution in [2.45, 2.75) is 6.92 Å². The van der Waals surface area contributed by atoms with Crippen LogP contribution in [0.5, 0.6) is 5.75 Å². The first-order chi connectivity index (χ1) is 8.09. The van der Waals surface area contributed by atoms with Gasteiger partial charge in [0.05, 0.1) is 0 Å².